The van der Waals surface area contributed by atoms with Crippen molar-refractivity contribution in [1.82, 2.24) is 15.2 Å². The Morgan fingerprint density at radius 1 is 1.45 bits per heavy atom. The summed E-state index contributed by atoms with van der Waals surface area (Å²) in [5, 5.41) is 9.11. The molecule has 0 spiro atoms. The van der Waals surface area contributed by atoms with E-state index in [-0.39, 0.29) is 18.2 Å². The number of hydrogen-bond donors (Lipinski definition) is 1. The van der Waals surface area contributed by atoms with E-state index in [1.54, 1.807) is 22.7 Å². The van der Waals surface area contributed by atoms with Gasteiger partial charge in [-0.1, -0.05) is 0 Å². The van der Waals surface area contributed by atoms with Crippen molar-refractivity contribution in [3.05, 3.63) is 39.0 Å². The van der Waals surface area contributed by atoms with E-state index < -0.39 is 0 Å². The van der Waals surface area contributed by atoms with Crippen LogP contribution in [0.4, 0.5) is 4.79 Å². The van der Waals surface area contributed by atoms with Gasteiger partial charge in [0.1, 0.15) is 6.10 Å². The van der Waals surface area contributed by atoms with Crippen molar-refractivity contribution in [1.29, 1.82) is 0 Å². The number of carbonyl (C=O) groups excluding carboxylic acids is 1. The Bertz CT molecular complexity index is 586. The van der Waals surface area contributed by atoms with Crippen LogP contribution in [0.5, 0.6) is 0 Å². The third kappa shape index (κ3) is 3.85. The molecule has 118 valence electrons. The van der Waals surface area contributed by atoms with Crippen LogP contribution in [0, 0.1) is 0 Å². The summed E-state index contributed by atoms with van der Waals surface area (Å²) in [6.45, 7) is 3.85. The van der Waals surface area contributed by atoms with Gasteiger partial charge in [-0.2, -0.15) is 11.3 Å². The molecular formula is C15H19N3O2S2. The van der Waals surface area contributed by atoms with Crippen molar-refractivity contribution < 1.29 is 9.53 Å². The fraction of sp³-hybridized carbons (Fsp3) is 0.467. The van der Waals surface area contributed by atoms with Gasteiger partial charge in [-0.3, -0.25) is 0 Å². The molecule has 7 heteroatoms. The number of hydrogen-bond acceptors (Lipinski definition) is 5. The first-order chi connectivity index (χ1) is 10.7. The van der Waals surface area contributed by atoms with Crippen LogP contribution < -0.4 is 5.32 Å². The summed E-state index contributed by atoms with van der Waals surface area (Å²) in [4.78, 5) is 18.4. The number of rotatable bonds is 4. The van der Waals surface area contributed by atoms with Crippen LogP contribution >= 0.6 is 22.7 Å². The molecule has 0 saturated carbocycles. The molecule has 0 aromatic carbocycles. The minimum absolute atomic E-state index is 0.0226. The fourth-order valence-corrected chi connectivity index (χ4v) is 3.82. The van der Waals surface area contributed by atoms with Crippen LogP contribution in [0.3, 0.4) is 0 Å². The zero-order valence-electron chi connectivity index (χ0n) is 12.4. The SMILES string of the molecule is CC1CN(C(=O)NCCc2cscn2)CC(c2ccsc2)O1. The molecule has 22 heavy (non-hydrogen) atoms. The van der Waals surface area contributed by atoms with Crippen molar-refractivity contribution in [2.45, 2.75) is 25.6 Å². The highest BCUT2D eigenvalue weighted by Gasteiger charge is 2.29. The predicted octanol–water partition coefficient (Wildman–Crippen LogP) is 2.92. The van der Waals surface area contributed by atoms with E-state index in [1.165, 1.54) is 0 Å². The van der Waals surface area contributed by atoms with Crippen LogP contribution in [0.1, 0.15) is 24.3 Å². The first-order valence-corrected chi connectivity index (χ1v) is 9.18. The van der Waals surface area contributed by atoms with Crippen molar-refractivity contribution in [3.8, 4) is 0 Å². The Morgan fingerprint density at radius 3 is 3.09 bits per heavy atom. The van der Waals surface area contributed by atoms with Gasteiger partial charge < -0.3 is 15.0 Å². The molecule has 2 atom stereocenters. The molecule has 1 fully saturated rings. The number of urea groups is 1. The lowest BCUT2D eigenvalue weighted by atomic mass is 10.1. The molecule has 2 aromatic rings. The lowest BCUT2D eigenvalue weighted by Gasteiger charge is -2.36. The highest BCUT2D eigenvalue weighted by atomic mass is 32.1. The Hall–Kier alpha value is -1.44. The van der Waals surface area contributed by atoms with E-state index in [0.717, 1.165) is 17.7 Å². The molecule has 2 unspecified atom stereocenters. The monoisotopic (exact) mass is 337 g/mol. The molecule has 2 amide bonds. The largest absolute Gasteiger partial charge is 0.367 e. The predicted molar refractivity (Wildman–Crippen MR) is 88.4 cm³/mol. The molecule has 0 radical (unpaired) electrons. The van der Waals surface area contributed by atoms with Crippen molar-refractivity contribution in [2.24, 2.45) is 0 Å². The number of thiazole rings is 1. The molecule has 1 aliphatic heterocycles. The molecular weight excluding hydrogens is 318 g/mol. The standard InChI is InChI=1S/C15H19N3O2S2/c1-11-6-18(7-14(20-11)12-3-5-21-8-12)15(19)16-4-2-13-9-22-10-17-13/h3,5,8-11,14H,2,4,6-7H2,1H3,(H,16,19). The first-order valence-electron chi connectivity index (χ1n) is 7.30. The summed E-state index contributed by atoms with van der Waals surface area (Å²) < 4.78 is 5.95. The highest BCUT2D eigenvalue weighted by molar-refractivity contribution is 7.08. The molecule has 5 nitrogen and oxygen atoms in total. The Morgan fingerprint density at radius 2 is 2.36 bits per heavy atom. The van der Waals surface area contributed by atoms with Gasteiger partial charge >= 0.3 is 6.03 Å². The minimum Gasteiger partial charge on any atom is -0.367 e. The van der Waals surface area contributed by atoms with Crippen LogP contribution in [0.2, 0.25) is 0 Å². The van der Waals surface area contributed by atoms with Gasteiger partial charge in [-0.15, -0.1) is 11.3 Å². The van der Waals surface area contributed by atoms with E-state index in [9.17, 15) is 4.79 Å². The van der Waals surface area contributed by atoms with Crippen LogP contribution in [-0.2, 0) is 11.2 Å². The number of aromatic nitrogens is 1. The van der Waals surface area contributed by atoms with Gasteiger partial charge in [0, 0.05) is 24.9 Å². The number of morpholine rings is 1. The van der Waals surface area contributed by atoms with Crippen molar-refractivity contribution >= 4 is 28.7 Å². The van der Waals surface area contributed by atoms with E-state index in [4.69, 9.17) is 4.74 Å². The summed E-state index contributed by atoms with van der Waals surface area (Å²) in [6.07, 6.45) is 0.783. The minimum atomic E-state index is -0.0284. The highest BCUT2D eigenvalue weighted by Crippen LogP contribution is 2.26. The molecule has 3 rings (SSSR count). The van der Waals surface area contributed by atoms with Gasteiger partial charge in [0.2, 0.25) is 0 Å². The maximum absolute atomic E-state index is 12.3. The maximum Gasteiger partial charge on any atom is 0.317 e. The van der Waals surface area contributed by atoms with Crippen LogP contribution in [-0.4, -0.2) is 41.7 Å². The summed E-state index contributed by atoms with van der Waals surface area (Å²) in [5.74, 6) is 0. The van der Waals surface area contributed by atoms with Crippen molar-refractivity contribution in [2.75, 3.05) is 19.6 Å². The summed E-state index contributed by atoms with van der Waals surface area (Å²) in [6, 6.07) is 2.04. The number of nitrogens with zero attached hydrogens (tertiary/aromatic N) is 2. The van der Waals surface area contributed by atoms with Crippen molar-refractivity contribution in [3.63, 3.8) is 0 Å². The Labute approximate surface area is 137 Å². The number of amides is 2. The first kappa shape index (κ1) is 15.5. The second-order valence-corrected chi connectivity index (χ2v) is 6.86. The molecule has 1 aliphatic rings. The quantitative estimate of drug-likeness (QED) is 0.933. The average Bonchev–Trinajstić information content (AvgIpc) is 3.20. The van der Waals surface area contributed by atoms with Gasteiger partial charge in [-0.05, 0) is 29.3 Å². The Balaban J connectivity index is 1.52. The second-order valence-electron chi connectivity index (χ2n) is 5.36. The van der Waals surface area contributed by atoms with E-state index in [1.807, 2.05) is 28.1 Å². The number of thiophene rings is 1. The molecule has 1 saturated heterocycles. The van der Waals surface area contributed by atoms with Gasteiger partial charge in [0.25, 0.3) is 0 Å². The zero-order chi connectivity index (χ0) is 15.4. The maximum atomic E-state index is 12.3. The average molecular weight is 337 g/mol. The normalized spacial score (nSPS) is 21.8. The lowest BCUT2D eigenvalue weighted by Crippen LogP contribution is -2.50. The molecule has 0 aliphatic carbocycles. The van der Waals surface area contributed by atoms with Crippen LogP contribution in [0.15, 0.2) is 27.7 Å². The topological polar surface area (TPSA) is 54.5 Å². The van der Waals surface area contributed by atoms with E-state index >= 15 is 0 Å². The number of nitrogens with one attached hydrogen (secondary N) is 1. The molecule has 2 aromatic heterocycles. The van der Waals surface area contributed by atoms with Gasteiger partial charge in [0.15, 0.2) is 0 Å². The van der Waals surface area contributed by atoms with Crippen LogP contribution in [0.25, 0.3) is 0 Å². The zero-order valence-corrected chi connectivity index (χ0v) is 14.0. The van der Waals surface area contributed by atoms with E-state index in [2.05, 4.69) is 21.7 Å². The van der Waals surface area contributed by atoms with Gasteiger partial charge in [-0.25, -0.2) is 9.78 Å². The third-order valence-electron chi connectivity index (χ3n) is 3.60. The summed E-state index contributed by atoms with van der Waals surface area (Å²) in [5.41, 5.74) is 3.99. The van der Waals surface area contributed by atoms with Gasteiger partial charge in [0.05, 0.1) is 23.9 Å². The lowest BCUT2D eigenvalue weighted by molar-refractivity contribution is -0.0654. The molecule has 3 heterocycles. The Kier molecular flexibility index (Phi) is 5.07. The van der Waals surface area contributed by atoms with E-state index in [0.29, 0.717) is 19.6 Å². The summed E-state index contributed by atoms with van der Waals surface area (Å²) >= 11 is 3.23. The molecule has 1 N–H and O–H groups in total. The molecule has 0 bridgehead atoms. The number of ether oxygens (including phenoxy) is 1. The second kappa shape index (κ2) is 7.21. The summed E-state index contributed by atoms with van der Waals surface area (Å²) in [7, 11) is 0. The number of carbonyl (C=O) groups is 1. The smallest absolute Gasteiger partial charge is 0.317 e. The fourth-order valence-electron chi connectivity index (χ4n) is 2.53. The third-order valence-corrected chi connectivity index (χ3v) is 4.94.